The van der Waals surface area contributed by atoms with E-state index in [1.165, 1.54) is 12.4 Å². The van der Waals surface area contributed by atoms with Gasteiger partial charge >= 0.3 is 0 Å². The van der Waals surface area contributed by atoms with E-state index in [1.807, 2.05) is 0 Å². The minimum Gasteiger partial charge on any atom is -0.389 e. The minimum absolute atomic E-state index is 0.0398. The van der Waals surface area contributed by atoms with Gasteiger partial charge in [0.25, 0.3) is 0 Å². The highest BCUT2D eigenvalue weighted by Crippen LogP contribution is 2.33. The molecule has 1 aromatic heterocycles. The van der Waals surface area contributed by atoms with Crippen molar-refractivity contribution in [1.82, 2.24) is 10.3 Å². The number of rotatable bonds is 5. The maximum atomic E-state index is 14.3. The third-order valence-electron chi connectivity index (χ3n) is 4.64. The number of aliphatic hydroxyl groups is 1. The van der Waals surface area contributed by atoms with Crippen molar-refractivity contribution in [2.75, 3.05) is 0 Å². The summed E-state index contributed by atoms with van der Waals surface area (Å²) in [5.41, 5.74) is -0.378. The van der Waals surface area contributed by atoms with Crippen LogP contribution in [0, 0.1) is 11.6 Å². The van der Waals surface area contributed by atoms with E-state index < -0.39 is 29.2 Å². The van der Waals surface area contributed by atoms with Crippen molar-refractivity contribution >= 4 is 5.91 Å². The molecule has 3 rings (SSSR count). The van der Waals surface area contributed by atoms with Crippen LogP contribution in [0.3, 0.4) is 0 Å². The number of halogens is 2. The molecule has 0 saturated heterocycles. The molecule has 1 fully saturated rings. The summed E-state index contributed by atoms with van der Waals surface area (Å²) in [6, 6.07) is 5.57. The molecule has 1 aromatic carbocycles. The minimum atomic E-state index is -1.01. The summed E-state index contributed by atoms with van der Waals surface area (Å²) in [6.45, 7) is 0. The van der Waals surface area contributed by atoms with E-state index in [9.17, 15) is 18.7 Å². The second kappa shape index (κ2) is 7.27. The molecule has 1 heterocycles. The van der Waals surface area contributed by atoms with Crippen LogP contribution in [0.5, 0.6) is 0 Å². The van der Waals surface area contributed by atoms with Gasteiger partial charge < -0.3 is 10.4 Å². The Labute approximate surface area is 144 Å². The molecule has 4 nitrogen and oxygen atoms in total. The molecule has 2 aromatic rings. The molecule has 25 heavy (non-hydrogen) atoms. The standard InChI is InChI=1S/C19H20F2N2O2/c20-14-3-4-16(21)15(11-14)18(13-5-9-22-10-6-13)23-17(24)12-19(25)7-1-2-8-19/h3-6,9-11,18,25H,1-2,7-8,12H2,(H,23,24). The zero-order valence-electron chi connectivity index (χ0n) is 13.7. The van der Waals surface area contributed by atoms with Gasteiger partial charge in [0.2, 0.25) is 5.91 Å². The first-order chi connectivity index (χ1) is 12.0. The van der Waals surface area contributed by atoms with Crippen molar-refractivity contribution in [3.05, 3.63) is 65.5 Å². The fraction of sp³-hybridized carbons (Fsp3) is 0.368. The van der Waals surface area contributed by atoms with E-state index in [1.54, 1.807) is 12.1 Å². The number of nitrogens with one attached hydrogen (secondary N) is 1. The average molecular weight is 346 g/mol. The summed E-state index contributed by atoms with van der Waals surface area (Å²) < 4.78 is 27.9. The second-order valence-corrected chi connectivity index (χ2v) is 6.56. The molecule has 1 aliphatic carbocycles. The monoisotopic (exact) mass is 346 g/mol. The van der Waals surface area contributed by atoms with Crippen LogP contribution in [0.2, 0.25) is 0 Å². The zero-order chi connectivity index (χ0) is 17.9. The van der Waals surface area contributed by atoms with Gasteiger partial charge in [0.05, 0.1) is 18.1 Å². The van der Waals surface area contributed by atoms with Crippen LogP contribution in [-0.2, 0) is 4.79 Å². The Bertz CT molecular complexity index is 746. The van der Waals surface area contributed by atoms with Crippen molar-refractivity contribution < 1.29 is 18.7 Å². The Morgan fingerprint density at radius 2 is 1.88 bits per heavy atom. The zero-order valence-corrected chi connectivity index (χ0v) is 13.7. The van der Waals surface area contributed by atoms with Gasteiger partial charge in [-0.25, -0.2) is 8.78 Å². The number of pyridine rings is 1. The number of hydrogen-bond acceptors (Lipinski definition) is 3. The lowest BCUT2D eigenvalue weighted by Crippen LogP contribution is -2.37. The Kier molecular flexibility index (Phi) is 5.08. The molecule has 2 N–H and O–H groups in total. The molecule has 132 valence electrons. The Morgan fingerprint density at radius 1 is 1.20 bits per heavy atom. The smallest absolute Gasteiger partial charge is 0.223 e. The number of nitrogens with zero attached hydrogens (tertiary/aromatic N) is 1. The summed E-state index contributed by atoms with van der Waals surface area (Å²) in [5.74, 6) is -1.59. The average Bonchev–Trinajstić information content (AvgIpc) is 3.02. The van der Waals surface area contributed by atoms with E-state index in [4.69, 9.17) is 0 Å². The van der Waals surface area contributed by atoms with Gasteiger partial charge in [-0.2, -0.15) is 0 Å². The summed E-state index contributed by atoms with van der Waals surface area (Å²) in [4.78, 5) is 16.4. The molecule has 1 atom stereocenters. The van der Waals surface area contributed by atoms with E-state index >= 15 is 0 Å². The second-order valence-electron chi connectivity index (χ2n) is 6.56. The highest BCUT2D eigenvalue weighted by Gasteiger charge is 2.34. The lowest BCUT2D eigenvalue weighted by atomic mass is 9.95. The molecule has 1 aliphatic rings. The molecular formula is C19H20F2N2O2. The Balaban J connectivity index is 1.87. The maximum absolute atomic E-state index is 14.3. The van der Waals surface area contributed by atoms with Crippen LogP contribution in [-0.4, -0.2) is 21.6 Å². The highest BCUT2D eigenvalue weighted by molar-refractivity contribution is 5.78. The lowest BCUT2D eigenvalue weighted by molar-refractivity contribution is -0.126. The normalized spacial score (nSPS) is 17.2. The summed E-state index contributed by atoms with van der Waals surface area (Å²) in [6.07, 6.45) is 5.92. The number of amides is 1. The topological polar surface area (TPSA) is 62.2 Å². The van der Waals surface area contributed by atoms with Crippen molar-refractivity contribution in [3.63, 3.8) is 0 Å². The van der Waals surface area contributed by atoms with Crippen LogP contribution >= 0.6 is 0 Å². The van der Waals surface area contributed by atoms with Crippen LogP contribution in [0.4, 0.5) is 8.78 Å². The molecule has 6 heteroatoms. The first kappa shape index (κ1) is 17.5. The van der Waals surface area contributed by atoms with E-state index in [2.05, 4.69) is 10.3 Å². The van der Waals surface area contributed by atoms with E-state index in [0.29, 0.717) is 18.4 Å². The first-order valence-electron chi connectivity index (χ1n) is 8.33. The van der Waals surface area contributed by atoms with E-state index in [0.717, 1.165) is 31.0 Å². The lowest BCUT2D eigenvalue weighted by Gasteiger charge is -2.25. The van der Waals surface area contributed by atoms with Crippen LogP contribution in [0.1, 0.15) is 49.3 Å². The van der Waals surface area contributed by atoms with Gasteiger partial charge in [-0.05, 0) is 48.7 Å². The van der Waals surface area contributed by atoms with Crippen LogP contribution < -0.4 is 5.32 Å². The van der Waals surface area contributed by atoms with E-state index in [-0.39, 0.29) is 12.0 Å². The summed E-state index contributed by atoms with van der Waals surface area (Å²) >= 11 is 0. The van der Waals surface area contributed by atoms with Crippen LogP contribution in [0.15, 0.2) is 42.7 Å². The van der Waals surface area contributed by atoms with Crippen molar-refractivity contribution in [3.8, 4) is 0 Å². The third kappa shape index (κ3) is 4.20. The van der Waals surface area contributed by atoms with Crippen LogP contribution in [0.25, 0.3) is 0 Å². The van der Waals surface area contributed by atoms with Gasteiger partial charge in [-0.3, -0.25) is 9.78 Å². The summed E-state index contributed by atoms with van der Waals surface area (Å²) in [7, 11) is 0. The van der Waals surface area contributed by atoms with Gasteiger partial charge in [0.1, 0.15) is 11.6 Å². The maximum Gasteiger partial charge on any atom is 0.223 e. The molecule has 1 saturated carbocycles. The predicted molar refractivity (Wildman–Crippen MR) is 88.6 cm³/mol. The highest BCUT2D eigenvalue weighted by atomic mass is 19.1. The molecule has 0 aliphatic heterocycles. The number of carbonyl (C=O) groups is 1. The van der Waals surface area contributed by atoms with Crippen molar-refractivity contribution in [1.29, 1.82) is 0 Å². The number of benzene rings is 1. The summed E-state index contributed by atoms with van der Waals surface area (Å²) in [5, 5.41) is 13.1. The van der Waals surface area contributed by atoms with Gasteiger partial charge in [0, 0.05) is 18.0 Å². The predicted octanol–water partition coefficient (Wildman–Crippen LogP) is 3.26. The molecule has 0 bridgehead atoms. The fourth-order valence-corrected chi connectivity index (χ4v) is 3.35. The number of hydrogen-bond donors (Lipinski definition) is 2. The molecule has 1 amide bonds. The third-order valence-corrected chi connectivity index (χ3v) is 4.64. The SMILES string of the molecule is O=C(CC1(O)CCCC1)NC(c1ccncc1)c1cc(F)ccc1F. The largest absolute Gasteiger partial charge is 0.389 e. The number of aromatic nitrogens is 1. The van der Waals surface area contributed by atoms with Gasteiger partial charge in [0.15, 0.2) is 0 Å². The van der Waals surface area contributed by atoms with Gasteiger partial charge in [-0.15, -0.1) is 0 Å². The number of carbonyl (C=O) groups excluding carboxylic acids is 1. The molecule has 0 spiro atoms. The van der Waals surface area contributed by atoms with Crippen molar-refractivity contribution in [2.24, 2.45) is 0 Å². The Hall–Kier alpha value is -2.34. The first-order valence-corrected chi connectivity index (χ1v) is 8.33. The quantitative estimate of drug-likeness (QED) is 0.873. The molecule has 1 unspecified atom stereocenters. The van der Waals surface area contributed by atoms with Crippen molar-refractivity contribution in [2.45, 2.75) is 43.7 Å². The van der Waals surface area contributed by atoms with Gasteiger partial charge in [-0.1, -0.05) is 12.8 Å². The Morgan fingerprint density at radius 3 is 2.56 bits per heavy atom. The fourth-order valence-electron chi connectivity index (χ4n) is 3.35. The molecular weight excluding hydrogens is 326 g/mol. The molecule has 0 radical (unpaired) electrons.